The molecule has 4 rings (SSSR count). The summed E-state index contributed by atoms with van der Waals surface area (Å²) in [5.74, 6) is 0.484. The lowest BCUT2D eigenvalue weighted by molar-refractivity contribution is 0.166. The molecule has 1 saturated heterocycles. The smallest absolute Gasteiger partial charge is 0.250 e. The zero-order chi connectivity index (χ0) is 20.3. The van der Waals surface area contributed by atoms with E-state index in [-0.39, 0.29) is 18.4 Å². The Kier molecular flexibility index (Phi) is 6.00. The molecule has 3 aromatic rings. The molecule has 29 heavy (non-hydrogen) atoms. The number of thiophene rings is 1. The van der Waals surface area contributed by atoms with Crippen LogP contribution in [0, 0.1) is 5.82 Å². The zero-order valence-electron chi connectivity index (χ0n) is 15.7. The molecule has 0 spiro atoms. The Morgan fingerprint density at radius 1 is 1.07 bits per heavy atom. The van der Waals surface area contributed by atoms with Gasteiger partial charge in [-0.1, -0.05) is 6.07 Å². The van der Waals surface area contributed by atoms with E-state index in [0.717, 1.165) is 37.6 Å². The summed E-state index contributed by atoms with van der Waals surface area (Å²) in [5.41, 5.74) is 0.985. The monoisotopic (exact) mass is 435 g/mol. The highest BCUT2D eigenvalue weighted by Crippen LogP contribution is 2.25. The van der Waals surface area contributed by atoms with E-state index in [9.17, 15) is 12.8 Å². The highest BCUT2D eigenvalue weighted by atomic mass is 32.2. The van der Waals surface area contributed by atoms with Gasteiger partial charge in [-0.05, 0) is 47.8 Å². The molecule has 6 nitrogen and oxygen atoms in total. The van der Waals surface area contributed by atoms with Crippen molar-refractivity contribution >= 4 is 27.0 Å². The van der Waals surface area contributed by atoms with Crippen molar-refractivity contribution in [2.45, 2.75) is 10.3 Å². The number of furan rings is 1. The highest BCUT2D eigenvalue weighted by molar-refractivity contribution is 7.91. The maximum Gasteiger partial charge on any atom is 0.250 e. The summed E-state index contributed by atoms with van der Waals surface area (Å²) < 4.78 is 46.8. The van der Waals surface area contributed by atoms with Crippen LogP contribution in [0.2, 0.25) is 0 Å². The normalized spacial score (nSPS) is 16.8. The van der Waals surface area contributed by atoms with E-state index in [4.69, 9.17) is 4.42 Å². The molecule has 2 aromatic heterocycles. The number of hydrogen-bond donors (Lipinski definition) is 1. The van der Waals surface area contributed by atoms with Gasteiger partial charge in [-0.25, -0.2) is 17.5 Å². The van der Waals surface area contributed by atoms with Crippen molar-refractivity contribution in [3.8, 4) is 0 Å². The molecule has 0 aliphatic carbocycles. The van der Waals surface area contributed by atoms with Crippen LogP contribution in [0.15, 0.2) is 68.8 Å². The molecule has 154 valence electrons. The van der Waals surface area contributed by atoms with Gasteiger partial charge in [0.1, 0.15) is 15.8 Å². The lowest BCUT2D eigenvalue weighted by Gasteiger charge is -2.39. The number of halogens is 1. The molecule has 1 N–H and O–H groups in total. The van der Waals surface area contributed by atoms with Gasteiger partial charge in [0.15, 0.2) is 0 Å². The van der Waals surface area contributed by atoms with Gasteiger partial charge in [0.05, 0.1) is 12.3 Å². The molecular weight excluding hydrogens is 413 g/mol. The van der Waals surface area contributed by atoms with Crippen molar-refractivity contribution in [3.63, 3.8) is 0 Å². The van der Waals surface area contributed by atoms with Crippen LogP contribution in [0.25, 0.3) is 0 Å². The first-order valence-corrected chi connectivity index (χ1v) is 11.7. The van der Waals surface area contributed by atoms with Crippen LogP contribution in [0.5, 0.6) is 0 Å². The van der Waals surface area contributed by atoms with Crippen LogP contribution in [-0.4, -0.2) is 46.0 Å². The van der Waals surface area contributed by atoms with Crippen LogP contribution in [-0.2, 0) is 10.0 Å². The number of nitrogens with zero attached hydrogens (tertiary/aromatic N) is 2. The number of sulfonamides is 1. The average Bonchev–Trinajstić information content (AvgIpc) is 3.44. The topological polar surface area (TPSA) is 65.8 Å². The molecule has 1 aliphatic heterocycles. The summed E-state index contributed by atoms with van der Waals surface area (Å²) in [4.78, 5) is 4.42. The van der Waals surface area contributed by atoms with Crippen molar-refractivity contribution < 1.29 is 17.2 Å². The summed E-state index contributed by atoms with van der Waals surface area (Å²) in [7, 11) is -3.55. The maximum atomic E-state index is 13.2. The molecular formula is C20H22FN3O3S2. The van der Waals surface area contributed by atoms with Crippen LogP contribution in [0.1, 0.15) is 11.8 Å². The zero-order valence-corrected chi connectivity index (χ0v) is 17.3. The summed E-state index contributed by atoms with van der Waals surface area (Å²) in [6.07, 6.45) is 1.60. The minimum absolute atomic E-state index is 0.199. The molecule has 1 unspecified atom stereocenters. The molecule has 0 bridgehead atoms. The molecule has 1 aliphatic rings. The van der Waals surface area contributed by atoms with Crippen LogP contribution in [0.3, 0.4) is 0 Å². The molecule has 1 aromatic carbocycles. The van der Waals surface area contributed by atoms with E-state index in [2.05, 4.69) is 14.5 Å². The van der Waals surface area contributed by atoms with Gasteiger partial charge in [-0.3, -0.25) is 4.90 Å². The molecule has 3 heterocycles. The average molecular weight is 436 g/mol. The quantitative estimate of drug-likeness (QED) is 0.617. The standard InChI is InChI=1S/C20H22FN3O3S2/c21-16-5-7-17(8-6-16)23-9-11-24(12-10-23)18(19-3-1-13-27-19)15-22-29(25,26)20-4-2-14-28-20/h1-8,13-14,18,22H,9-12,15H2. The summed E-state index contributed by atoms with van der Waals surface area (Å²) in [5, 5.41) is 1.74. The summed E-state index contributed by atoms with van der Waals surface area (Å²) in [6.45, 7) is 3.23. The molecule has 1 fully saturated rings. The third kappa shape index (κ3) is 4.69. The van der Waals surface area contributed by atoms with Gasteiger partial charge in [0.2, 0.25) is 10.0 Å². The fraction of sp³-hybridized carbons (Fsp3) is 0.300. The molecule has 1 atom stereocenters. The predicted octanol–water partition coefficient (Wildman–Crippen LogP) is 3.32. The number of rotatable bonds is 7. The first-order valence-electron chi connectivity index (χ1n) is 9.34. The van der Waals surface area contributed by atoms with Crippen molar-refractivity contribution in [2.24, 2.45) is 0 Å². The SMILES string of the molecule is O=S(=O)(NCC(c1ccco1)N1CCN(c2ccc(F)cc2)CC1)c1cccs1. The number of benzene rings is 1. The van der Waals surface area contributed by atoms with E-state index >= 15 is 0 Å². The lowest BCUT2D eigenvalue weighted by atomic mass is 10.1. The first-order chi connectivity index (χ1) is 14.0. The predicted molar refractivity (Wildman–Crippen MR) is 111 cm³/mol. The van der Waals surface area contributed by atoms with E-state index < -0.39 is 10.0 Å². The number of nitrogens with one attached hydrogen (secondary N) is 1. The largest absolute Gasteiger partial charge is 0.468 e. The Hall–Kier alpha value is -2.20. The van der Waals surface area contributed by atoms with Gasteiger partial charge in [-0.15, -0.1) is 11.3 Å². The number of hydrogen-bond acceptors (Lipinski definition) is 6. The van der Waals surface area contributed by atoms with E-state index in [1.807, 2.05) is 12.1 Å². The van der Waals surface area contributed by atoms with Crippen LogP contribution in [0.4, 0.5) is 10.1 Å². The second-order valence-electron chi connectivity index (χ2n) is 6.81. The summed E-state index contributed by atoms with van der Waals surface area (Å²) in [6, 6.07) is 13.3. The Morgan fingerprint density at radius 3 is 2.45 bits per heavy atom. The van der Waals surface area contributed by atoms with Gasteiger partial charge in [-0.2, -0.15) is 0 Å². The molecule has 9 heteroatoms. The minimum Gasteiger partial charge on any atom is -0.468 e. The summed E-state index contributed by atoms with van der Waals surface area (Å²) >= 11 is 1.19. The van der Waals surface area contributed by atoms with Crippen molar-refractivity contribution in [2.75, 3.05) is 37.6 Å². The Labute approximate surface area is 173 Å². The van der Waals surface area contributed by atoms with Gasteiger partial charge in [0, 0.05) is 38.4 Å². The van der Waals surface area contributed by atoms with Gasteiger partial charge < -0.3 is 9.32 Å². The fourth-order valence-electron chi connectivity index (χ4n) is 3.51. The lowest BCUT2D eigenvalue weighted by Crippen LogP contribution is -2.49. The van der Waals surface area contributed by atoms with Gasteiger partial charge >= 0.3 is 0 Å². The number of piperazine rings is 1. The Balaban J connectivity index is 1.44. The number of anilines is 1. The second kappa shape index (κ2) is 8.66. The van der Waals surface area contributed by atoms with Crippen molar-refractivity contribution in [1.82, 2.24) is 9.62 Å². The maximum absolute atomic E-state index is 13.2. The Bertz CT molecular complexity index is 998. The van der Waals surface area contributed by atoms with Crippen LogP contribution >= 0.6 is 11.3 Å². The van der Waals surface area contributed by atoms with E-state index in [1.54, 1.807) is 35.9 Å². The van der Waals surface area contributed by atoms with E-state index in [0.29, 0.717) is 4.21 Å². The fourth-order valence-corrected chi connectivity index (χ4v) is 5.59. The molecule has 0 saturated carbocycles. The first kappa shape index (κ1) is 20.1. The van der Waals surface area contributed by atoms with Crippen molar-refractivity contribution in [3.05, 3.63) is 71.8 Å². The third-order valence-electron chi connectivity index (χ3n) is 5.05. The highest BCUT2D eigenvalue weighted by Gasteiger charge is 2.28. The van der Waals surface area contributed by atoms with Crippen molar-refractivity contribution in [1.29, 1.82) is 0 Å². The molecule has 0 amide bonds. The minimum atomic E-state index is -3.55. The third-order valence-corrected chi connectivity index (χ3v) is 7.87. The Morgan fingerprint density at radius 2 is 1.83 bits per heavy atom. The van der Waals surface area contributed by atoms with Gasteiger partial charge in [0.25, 0.3) is 0 Å². The van der Waals surface area contributed by atoms with E-state index in [1.165, 1.54) is 23.5 Å². The van der Waals surface area contributed by atoms with Crippen LogP contribution < -0.4 is 9.62 Å². The molecule has 0 radical (unpaired) electrons. The second-order valence-corrected chi connectivity index (χ2v) is 9.76.